The predicted octanol–water partition coefficient (Wildman–Crippen LogP) is 2.12. The van der Waals surface area contributed by atoms with Gasteiger partial charge >= 0.3 is 0 Å². The lowest BCUT2D eigenvalue weighted by atomic mass is 10.1. The number of anilines is 1. The van der Waals surface area contributed by atoms with Crippen LogP contribution in [-0.2, 0) is 0 Å². The first kappa shape index (κ1) is 11.6. The first-order valence-corrected chi connectivity index (χ1v) is 5.89. The topological polar surface area (TPSA) is 55.6 Å². The molecule has 0 saturated carbocycles. The first-order chi connectivity index (χ1) is 8.31. The van der Waals surface area contributed by atoms with E-state index in [9.17, 15) is 0 Å². The van der Waals surface area contributed by atoms with Crippen LogP contribution in [0.2, 0.25) is 0 Å². The van der Waals surface area contributed by atoms with E-state index in [1.54, 1.807) is 4.68 Å². The van der Waals surface area contributed by atoms with Crippen LogP contribution in [0.1, 0.15) is 20.3 Å². The van der Waals surface area contributed by atoms with Gasteiger partial charge in [0.1, 0.15) is 0 Å². The molecule has 5 nitrogen and oxygen atoms in total. The zero-order chi connectivity index (χ0) is 12.1. The molecule has 0 aliphatic carbocycles. The molecule has 0 aliphatic heterocycles. The summed E-state index contributed by atoms with van der Waals surface area (Å²) in [7, 11) is 0. The molecular weight excluding hydrogens is 214 g/mol. The maximum absolute atomic E-state index is 3.99. The number of tetrazole rings is 1. The Morgan fingerprint density at radius 1 is 1.29 bits per heavy atom. The second kappa shape index (κ2) is 5.43. The molecule has 0 spiro atoms. The van der Waals surface area contributed by atoms with Crippen molar-refractivity contribution in [3.8, 4) is 5.69 Å². The van der Waals surface area contributed by atoms with Crippen molar-refractivity contribution >= 4 is 5.95 Å². The van der Waals surface area contributed by atoms with Gasteiger partial charge in [0.25, 0.3) is 0 Å². The third kappa shape index (κ3) is 2.81. The van der Waals surface area contributed by atoms with E-state index < -0.39 is 0 Å². The first-order valence-electron chi connectivity index (χ1n) is 5.89. The third-order valence-electron chi connectivity index (χ3n) is 2.78. The summed E-state index contributed by atoms with van der Waals surface area (Å²) >= 11 is 0. The van der Waals surface area contributed by atoms with Crippen LogP contribution in [0.25, 0.3) is 5.69 Å². The van der Waals surface area contributed by atoms with E-state index in [2.05, 4.69) is 34.7 Å². The molecule has 1 aromatic carbocycles. The highest BCUT2D eigenvalue weighted by atomic mass is 15.6. The molecule has 1 aromatic heterocycles. The average molecular weight is 231 g/mol. The molecular formula is C12H17N5. The molecule has 1 atom stereocenters. The Kier molecular flexibility index (Phi) is 3.69. The Morgan fingerprint density at radius 2 is 2.06 bits per heavy atom. The van der Waals surface area contributed by atoms with Crippen LogP contribution < -0.4 is 5.32 Å². The number of nitrogens with zero attached hydrogens (tertiary/aromatic N) is 4. The lowest BCUT2D eigenvalue weighted by Crippen LogP contribution is -2.14. The van der Waals surface area contributed by atoms with Crippen molar-refractivity contribution in [3.05, 3.63) is 30.3 Å². The van der Waals surface area contributed by atoms with Gasteiger partial charge in [0.2, 0.25) is 5.95 Å². The van der Waals surface area contributed by atoms with Crippen molar-refractivity contribution in [1.29, 1.82) is 0 Å². The standard InChI is InChI=1S/C12H17N5/c1-3-10(2)9-13-12-14-15-16-17(12)11-7-5-4-6-8-11/h4-8,10H,3,9H2,1-2H3,(H,13,14,16). The Labute approximate surface area is 101 Å². The number of rotatable bonds is 5. The van der Waals surface area contributed by atoms with Gasteiger partial charge in [-0.25, -0.2) is 0 Å². The number of hydrogen-bond acceptors (Lipinski definition) is 4. The van der Waals surface area contributed by atoms with Gasteiger partial charge in [0, 0.05) is 6.54 Å². The Bertz CT molecular complexity index is 451. The number of para-hydroxylation sites is 1. The maximum Gasteiger partial charge on any atom is 0.247 e. The molecule has 0 fully saturated rings. The van der Waals surface area contributed by atoms with E-state index in [0.29, 0.717) is 11.9 Å². The molecule has 17 heavy (non-hydrogen) atoms. The smallest absolute Gasteiger partial charge is 0.247 e. The second-order valence-corrected chi connectivity index (χ2v) is 4.14. The summed E-state index contributed by atoms with van der Waals surface area (Å²) in [6.07, 6.45) is 1.14. The van der Waals surface area contributed by atoms with Crippen LogP contribution >= 0.6 is 0 Å². The minimum absolute atomic E-state index is 0.607. The number of aromatic nitrogens is 4. The van der Waals surface area contributed by atoms with E-state index in [0.717, 1.165) is 18.7 Å². The molecule has 0 bridgehead atoms. The highest BCUT2D eigenvalue weighted by molar-refractivity contribution is 5.38. The molecule has 1 heterocycles. The van der Waals surface area contributed by atoms with Crippen molar-refractivity contribution in [2.24, 2.45) is 5.92 Å². The summed E-state index contributed by atoms with van der Waals surface area (Å²) in [5.41, 5.74) is 0.962. The number of benzene rings is 1. The zero-order valence-electron chi connectivity index (χ0n) is 10.2. The minimum Gasteiger partial charge on any atom is -0.353 e. The molecule has 0 amide bonds. The minimum atomic E-state index is 0.607. The molecule has 1 N–H and O–H groups in total. The number of hydrogen-bond donors (Lipinski definition) is 1. The monoisotopic (exact) mass is 231 g/mol. The fraction of sp³-hybridized carbons (Fsp3) is 0.417. The van der Waals surface area contributed by atoms with Gasteiger partial charge in [0.05, 0.1) is 5.69 Å². The highest BCUT2D eigenvalue weighted by Crippen LogP contribution is 2.11. The van der Waals surface area contributed by atoms with Gasteiger partial charge < -0.3 is 5.32 Å². The SMILES string of the molecule is CCC(C)CNc1nnnn1-c1ccccc1. The van der Waals surface area contributed by atoms with E-state index in [-0.39, 0.29) is 0 Å². The lowest BCUT2D eigenvalue weighted by Gasteiger charge is -2.10. The summed E-state index contributed by atoms with van der Waals surface area (Å²) < 4.78 is 1.71. The van der Waals surface area contributed by atoms with Gasteiger partial charge in [-0.2, -0.15) is 4.68 Å². The molecule has 0 aliphatic rings. The van der Waals surface area contributed by atoms with Gasteiger partial charge in [-0.3, -0.25) is 0 Å². The van der Waals surface area contributed by atoms with Crippen LogP contribution in [0, 0.1) is 5.92 Å². The Balaban J connectivity index is 2.12. The summed E-state index contributed by atoms with van der Waals surface area (Å²) in [5.74, 6) is 1.30. The Hall–Kier alpha value is -1.91. The molecule has 5 heteroatoms. The van der Waals surface area contributed by atoms with E-state index in [1.165, 1.54) is 0 Å². The van der Waals surface area contributed by atoms with Crippen LogP contribution in [0.4, 0.5) is 5.95 Å². The van der Waals surface area contributed by atoms with E-state index in [1.807, 2.05) is 30.3 Å². The van der Waals surface area contributed by atoms with Crippen molar-refractivity contribution < 1.29 is 0 Å². The van der Waals surface area contributed by atoms with Gasteiger partial charge in [-0.15, -0.1) is 0 Å². The normalized spacial score (nSPS) is 12.4. The summed E-state index contributed by atoms with van der Waals surface area (Å²) in [6, 6.07) is 9.86. The van der Waals surface area contributed by atoms with Gasteiger partial charge in [-0.1, -0.05) is 43.6 Å². The molecule has 90 valence electrons. The fourth-order valence-electron chi connectivity index (χ4n) is 1.45. The Morgan fingerprint density at radius 3 is 2.76 bits per heavy atom. The molecule has 2 rings (SSSR count). The highest BCUT2D eigenvalue weighted by Gasteiger charge is 2.08. The lowest BCUT2D eigenvalue weighted by molar-refractivity contribution is 0.590. The van der Waals surface area contributed by atoms with Crippen LogP contribution in [0.5, 0.6) is 0 Å². The van der Waals surface area contributed by atoms with Crippen molar-refractivity contribution in [2.75, 3.05) is 11.9 Å². The van der Waals surface area contributed by atoms with E-state index in [4.69, 9.17) is 0 Å². The van der Waals surface area contributed by atoms with Crippen molar-refractivity contribution in [3.63, 3.8) is 0 Å². The fourth-order valence-corrected chi connectivity index (χ4v) is 1.45. The summed E-state index contributed by atoms with van der Waals surface area (Å²) in [6.45, 7) is 5.25. The zero-order valence-corrected chi connectivity index (χ0v) is 10.2. The quantitative estimate of drug-likeness (QED) is 0.856. The van der Waals surface area contributed by atoms with Crippen LogP contribution in [0.3, 0.4) is 0 Å². The van der Waals surface area contributed by atoms with E-state index >= 15 is 0 Å². The second-order valence-electron chi connectivity index (χ2n) is 4.14. The van der Waals surface area contributed by atoms with Crippen LogP contribution in [0.15, 0.2) is 30.3 Å². The average Bonchev–Trinajstić information content (AvgIpc) is 2.85. The maximum atomic E-state index is 3.99. The third-order valence-corrected chi connectivity index (χ3v) is 2.78. The number of nitrogens with one attached hydrogen (secondary N) is 1. The molecule has 0 saturated heterocycles. The van der Waals surface area contributed by atoms with Gasteiger partial charge in [0.15, 0.2) is 0 Å². The summed E-state index contributed by atoms with van der Waals surface area (Å²) in [4.78, 5) is 0. The molecule has 1 unspecified atom stereocenters. The molecule has 0 radical (unpaired) electrons. The predicted molar refractivity (Wildman–Crippen MR) is 67.1 cm³/mol. The van der Waals surface area contributed by atoms with Crippen molar-refractivity contribution in [1.82, 2.24) is 20.2 Å². The largest absolute Gasteiger partial charge is 0.353 e. The van der Waals surface area contributed by atoms with Gasteiger partial charge in [-0.05, 0) is 28.5 Å². The molecule has 2 aromatic rings. The summed E-state index contributed by atoms with van der Waals surface area (Å²) in [5, 5.41) is 14.9. The van der Waals surface area contributed by atoms with Crippen LogP contribution in [-0.4, -0.2) is 26.8 Å². The van der Waals surface area contributed by atoms with Crippen molar-refractivity contribution in [2.45, 2.75) is 20.3 Å².